The van der Waals surface area contributed by atoms with Crippen LogP contribution in [-0.2, 0) is 4.79 Å². The predicted octanol–water partition coefficient (Wildman–Crippen LogP) is 1.91. The highest BCUT2D eigenvalue weighted by atomic mass is 16.4. The zero-order valence-electron chi connectivity index (χ0n) is 11.6. The second kappa shape index (κ2) is 6.41. The lowest BCUT2D eigenvalue weighted by Crippen LogP contribution is -2.41. The van der Waals surface area contributed by atoms with Crippen molar-refractivity contribution >= 4 is 12.0 Å². The molecular weight excluding hydrogens is 256 g/mol. The normalized spacial score (nSPS) is 15.4. The van der Waals surface area contributed by atoms with Crippen LogP contribution in [0.25, 0.3) is 0 Å². The van der Waals surface area contributed by atoms with Gasteiger partial charge in [-0.05, 0) is 24.3 Å². The van der Waals surface area contributed by atoms with Gasteiger partial charge in [0.15, 0.2) is 0 Å². The molecular formula is C15H20N2O3. The minimum Gasteiger partial charge on any atom is -0.481 e. The molecule has 0 radical (unpaired) electrons. The summed E-state index contributed by atoms with van der Waals surface area (Å²) in [6.45, 7) is 0.849. The molecule has 108 valence electrons. The highest BCUT2D eigenvalue weighted by molar-refractivity contribution is 5.79. The smallest absolute Gasteiger partial charge is 0.317 e. The summed E-state index contributed by atoms with van der Waals surface area (Å²) in [5, 5.41) is 12.0. The summed E-state index contributed by atoms with van der Waals surface area (Å²) in [6, 6.07) is 8.75. The first-order valence-electron chi connectivity index (χ1n) is 6.84. The Morgan fingerprint density at radius 3 is 2.55 bits per heavy atom. The van der Waals surface area contributed by atoms with Gasteiger partial charge < -0.3 is 15.3 Å². The lowest BCUT2D eigenvalue weighted by molar-refractivity contribution is -0.138. The summed E-state index contributed by atoms with van der Waals surface area (Å²) in [5.74, 6) is -1.02. The number of aliphatic carboxylic acids is 1. The molecule has 0 spiro atoms. The third-order valence-corrected chi connectivity index (χ3v) is 3.53. The molecule has 2 N–H and O–H groups in total. The summed E-state index contributed by atoms with van der Waals surface area (Å²) >= 11 is 0. The van der Waals surface area contributed by atoms with Crippen LogP contribution in [0.1, 0.15) is 24.3 Å². The van der Waals surface area contributed by atoms with Crippen LogP contribution >= 0.6 is 0 Å². The van der Waals surface area contributed by atoms with Crippen LogP contribution < -0.4 is 5.32 Å². The molecule has 1 aliphatic carbocycles. The van der Waals surface area contributed by atoms with Crippen molar-refractivity contribution in [3.63, 3.8) is 0 Å². The van der Waals surface area contributed by atoms with Gasteiger partial charge in [-0.3, -0.25) is 4.79 Å². The van der Waals surface area contributed by atoms with Crippen molar-refractivity contribution in [3.05, 3.63) is 35.9 Å². The van der Waals surface area contributed by atoms with Gasteiger partial charge in [-0.1, -0.05) is 30.3 Å². The Morgan fingerprint density at radius 1 is 1.35 bits per heavy atom. The molecule has 1 fully saturated rings. The Balaban J connectivity index is 1.88. The number of benzene rings is 1. The van der Waals surface area contributed by atoms with E-state index in [0.29, 0.717) is 11.5 Å². The molecule has 1 atom stereocenters. The Bertz CT molecular complexity index is 471. The number of nitrogens with zero attached hydrogens (tertiary/aromatic N) is 1. The fourth-order valence-electron chi connectivity index (χ4n) is 2.13. The molecule has 5 heteroatoms. The molecule has 5 nitrogen and oxygen atoms in total. The zero-order chi connectivity index (χ0) is 14.5. The average molecular weight is 276 g/mol. The van der Waals surface area contributed by atoms with E-state index in [2.05, 4.69) is 5.32 Å². The first-order valence-corrected chi connectivity index (χ1v) is 6.84. The summed E-state index contributed by atoms with van der Waals surface area (Å²) in [5.41, 5.74) is 0.699. The number of carbonyl (C=O) groups is 2. The fraction of sp³-hybridized carbons (Fsp3) is 0.467. The van der Waals surface area contributed by atoms with Crippen molar-refractivity contribution in [1.82, 2.24) is 10.2 Å². The Hall–Kier alpha value is -2.04. The molecule has 0 saturated heterocycles. The van der Waals surface area contributed by atoms with Crippen molar-refractivity contribution in [2.45, 2.75) is 18.8 Å². The average Bonchev–Trinajstić information content (AvgIpc) is 3.23. The molecule has 1 saturated carbocycles. The molecule has 1 aromatic carbocycles. The SMILES string of the molecule is CN(CC1CC1)C(=O)NCC(C(=O)O)c1ccccc1. The second-order valence-electron chi connectivity index (χ2n) is 5.31. The Labute approximate surface area is 118 Å². The Kier molecular flexibility index (Phi) is 4.61. The van der Waals surface area contributed by atoms with Gasteiger partial charge in [-0.25, -0.2) is 4.79 Å². The van der Waals surface area contributed by atoms with E-state index in [1.54, 1.807) is 36.2 Å². The first-order chi connectivity index (χ1) is 9.58. The second-order valence-corrected chi connectivity index (χ2v) is 5.31. The maximum atomic E-state index is 11.9. The highest BCUT2D eigenvalue weighted by Gasteiger charge is 2.26. The van der Waals surface area contributed by atoms with Gasteiger partial charge in [-0.2, -0.15) is 0 Å². The number of amides is 2. The van der Waals surface area contributed by atoms with E-state index in [1.807, 2.05) is 6.07 Å². The van der Waals surface area contributed by atoms with Gasteiger partial charge in [0.25, 0.3) is 0 Å². The maximum Gasteiger partial charge on any atom is 0.317 e. The third-order valence-electron chi connectivity index (χ3n) is 3.53. The van der Waals surface area contributed by atoms with Gasteiger partial charge in [0.2, 0.25) is 0 Å². The summed E-state index contributed by atoms with van der Waals surface area (Å²) < 4.78 is 0. The number of hydrogen-bond acceptors (Lipinski definition) is 2. The van der Waals surface area contributed by atoms with Crippen LogP contribution in [-0.4, -0.2) is 42.1 Å². The number of rotatable bonds is 6. The number of carboxylic acid groups (broad SMARTS) is 1. The molecule has 2 amide bonds. The van der Waals surface area contributed by atoms with Gasteiger partial charge >= 0.3 is 12.0 Å². The zero-order valence-corrected chi connectivity index (χ0v) is 11.6. The quantitative estimate of drug-likeness (QED) is 0.833. The monoisotopic (exact) mass is 276 g/mol. The molecule has 0 bridgehead atoms. The number of nitrogens with one attached hydrogen (secondary N) is 1. The van der Waals surface area contributed by atoms with Crippen molar-refractivity contribution in [1.29, 1.82) is 0 Å². The highest BCUT2D eigenvalue weighted by Crippen LogP contribution is 2.29. The molecule has 2 rings (SSSR count). The van der Waals surface area contributed by atoms with Crippen LogP contribution in [0.5, 0.6) is 0 Å². The van der Waals surface area contributed by atoms with Crippen LogP contribution in [0.3, 0.4) is 0 Å². The van der Waals surface area contributed by atoms with Crippen LogP contribution in [0.15, 0.2) is 30.3 Å². The van der Waals surface area contributed by atoms with Crippen molar-refractivity contribution in [3.8, 4) is 0 Å². The Morgan fingerprint density at radius 2 is 2.00 bits per heavy atom. The number of carbonyl (C=O) groups excluding carboxylic acids is 1. The lowest BCUT2D eigenvalue weighted by atomic mass is 9.99. The molecule has 0 aliphatic heterocycles. The van der Waals surface area contributed by atoms with Crippen molar-refractivity contribution in [2.24, 2.45) is 5.92 Å². The molecule has 1 aliphatic rings. The number of hydrogen-bond donors (Lipinski definition) is 2. The van der Waals surface area contributed by atoms with E-state index in [0.717, 1.165) is 6.54 Å². The van der Waals surface area contributed by atoms with Gasteiger partial charge in [0, 0.05) is 20.1 Å². The first kappa shape index (κ1) is 14.4. The van der Waals surface area contributed by atoms with E-state index < -0.39 is 11.9 Å². The standard InChI is InChI=1S/C15H20N2O3/c1-17(10-11-7-8-11)15(20)16-9-13(14(18)19)12-5-3-2-4-6-12/h2-6,11,13H,7-10H2,1H3,(H,16,20)(H,18,19). The molecule has 20 heavy (non-hydrogen) atoms. The third kappa shape index (κ3) is 3.98. The molecule has 1 unspecified atom stereocenters. The molecule has 0 aromatic heterocycles. The van der Waals surface area contributed by atoms with Gasteiger partial charge in [0.05, 0.1) is 5.92 Å². The number of urea groups is 1. The van der Waals surface area contributed by atoms with Crippen LogP contribution in [0.2, 0.25) is 0 Å². The van der Waals surface area contributed by atoms with E-state index in [1.165, 1.54) is 12.8 Å². The topological polar surface area (TPSA) is 69.6 Å². The van der Waals surface area contributed by atoms with E-state index in [4.69, 9.17) is 0 Å². The van der Waals surface area contributed by atoms with Crippen molar-refractivity contribution < 1.29 is 14.7 Å². The largest absolute Gasteiger partial charge is 0.481 e. The summed E-state index contributed by atoms with van der Waals surface area (Å²) in [6.07, 6.45) is 2.36. The minimum absolute atomic E-state index is 0.104. The fourth-order valence-corrected chi connectivity index (χ4v) is 2.13. The number of carboxylic acids is 1. The van der Waals surface area contributed by atoms with E-state index >= 15 is 0 Å². The van der Waals surface area contributed by atoms with Crippen LogP contribution in [0.4, 0.5) is 4.79 Å². The van der Waals surface area contributed by atoms with Crippen molar-refractivity contribution in [2.75, 3.05) is 20.1 Å². The van der Waals surface area contributed by atoms with Gasteiger partial charge in [-0.15, -0.1) is 0 Å². The minimum atomic E-state index is -0.929. The van der Waals surface area contributed by atoms with E-state index in [-0.39, 0.29) is 12.6 Å². The summed E-state index contributed by atoms with van der Waals surface area (Å²) in [4.78, 5) is 24.8. The van der Waals surface area contributed by atoms with E-state index in [9.17, 15) is 14.7 Å². The summed E-state index contributed by atoms with van der Waals surface area (Å²) in [7, 11) is 1.74. The lowest BCUT2D eigenvalue weighted by Gasteiger charge is -2.20. The molecule has 1 aromatic rings. The van der Waals surface area contributed by atoms with Crippen LogP contribution in [0, 0.1) is 5.92 Å². The predicted molar refractivity (Wildman–Crippen MR) is 75.6 cm³/mol. The molecule has 0 heterocycles. The maximum absolute atomic E-state index is 11.9. The van der Waals surface area contributed by atoms with Gasteiger partial charge in [0.1, 0.15) is 0 Å².